The molecular formula is C18H20BrN3O. The van der Waals surface area contributed by atoms with Gasteiger partial charge in [0.1, 0.15) is 11.4 Å². The number of aromatic nitrogens is 2. The monoisotopic (exact) mass is 373 g/mol. The molecule has 3 aromatic rings. The van der Waals surface area contributed by atoms with Gasteiger partial charge in [0.15, 0.2) is 0 Å². The van der Waals surface area contributed by atoms with E-state index in [0.717, 1.165) is 44.8 Å². The fourth-order valence-electron chi connectivity index (χ4n) is 2.74. The lowest BCUT2D eigenvalue weighted by Gasteiger charge is -2.10. The molecule has 1 aromatic carbocycles. The number of nitrogens with two attached hydrogens (primary N) is 1. The number of hydrogen-bond acceptors (Lipinski definition) is 3. The minimum atomic E-state index is 0.573. The summed E-state index contributed by atoms with van der Waals surface area (Å²) in [6.45, 7) is 5.25. The van der Waals surface area contributed by atoms with Crippen molar-refractivity contribution in [2.24, 2.45) is 5.73 Å². The van der Waals surface area contributed by atoms with Crippen LogP contribution in [0.5, 0.6) is 5.75 Å². The molecule has 0 aliphatic carbocycles. The molecule has 2 N–H and O–H groups in total. The molecule has 23 heavy (non-hydrogen) atoms. The van der Waals surface area contributed by atoms with Crippen LogP contribution >= 0.6 is 15.9 Å². The van der Waals surface area contributed by atoms with Gasteiger partial charge in [-0.05, 0) is 60.1 Å². The van der Waals surface area contributed by atoms with Crippen molar-refractivity contribution in [1.29, 1.82) is 0 Å². The molecule has 0 unspecified atom stereocenters. The highest BCUT2D eigenvalue weighted by molar-refractivity contribution is 9.10. The first-order valence-corrected chi connectivity index (χ1v) is 8.54. The normalized spacial score (nSPS) is 11.1. The molecule has 2 heterocycles. The Balaban J connectivity index is 2.26. The standard InChI is InChI=1S/C18H20BrN3O/c1-3-23-16-7-5-4-6-13(16)18-15(8-9-20)22-11-14(19)12(2)10-17(22)21-18/h4-7,10-11H,3,8-9,20H2,1-2H3. The summed E-state index contributed by atoms with van der Waals surface area (Å²) in [4.78, 5) is 4.85. The molecule has 5 heteroatoms. The molecule has 0 atom stereocenters. The van der Waals surface area contributed by atoms with Crippen LogP contribution in [-0.2, 0) is 6.42 Å². The maximum atomic E-state index is 5.84. The molecule has 0 spiro atoms. The minimum absolute atomic E-state index is 0.573. The highest BCUT2D eigenvalue weighted by Gasteiger charge is 2.17. The summed E-state index contributed by atoms with van der Waals surface area (Å²) in [5.74, 6) is 0.854. The predicted octanol–water partition coefficient (Wildman–Crippen LogP) is 3.97. The second-order valence-electron chi connectivity index (χ2n) is 5.41. The third-order valence-corrected chi connectivity index (χ3v) is 4.66. The Morgan fingerprint density at radius 3 is 2.83 bits per heavy atom. The van der Waals surface area contributed by atoms with Crippen molar-refractivity contribution in [3.8, 4) is 17.0 Å². The average molecular weight is 374 g/mol. The van der Waals surface area contributed by atoms with Crippen molar-refractivity contribution in [3.63, 3.8) is 0 Å². The van der Waals surface area contributed by atoms with Gasteiger partial charge in [-0.15, -0.1) is 0 Å². The van der Waals surface area contributed by atoms with Crippen molar-refractivity contribution < 1.29 is 4.74 Å². The van der Waals surface area contributed by atoms with E-state index in [4.69, 9.17) is 15.5 Å². The van der Waals surface area contributed by atoms with Gasteiger partial charge in [0.2, 0.25) is 0 Å². The van der Waals surface area contributed by atoms with Crippen LogP contribution in [0, 0.1) is 6.92 Å². The number of hydrogen-bond donors (Lipinski definition) is 1. The van der Waals surface area contributed by atoms with Crippen LogP contribution in [0.1, 0.15) is 18.2 Å². The largest absolute Gasteiger partial charge is 0.493 e. The minimum Gasteiger partial charge on any atom is -0.493 e. The van der Waals surface area contributed by atoms with Crippen LogP contribution in [0.15, 0.2) is 41.0 Å². The third-order valence-electron chi connectivity index (χ3n) is 3.83. The molecule has 0 bridgehead atoms. The van der Waals surface area contributed by atoms with E-state index < -0.39 is 0 Å². The lowest BCUT2D eigenvalue weighted by Crippen LogP contribution is -2.06. The van der Waals surface area contributed by atoms with Crippen LogP contribution in [0.4, 0.5) is 0 Å². The number of halogens is 1. The summed E-state index contributed by atoms with van der Waals surface area (Å²) < 4.78 is 8.95. The molecule has 0 saturated carbocycles. The summed E-state index contributed by atoms with van der Waals surface area (Å²) >= 11 is 3.60. The zero-order valence-corrected chi connectivity index (χ0v) is 14.9. The first-order chi connectivity index (χ1) is 11.2. The van der Waals surface area contributed by atoms with Crippen LogP contribution in [0.2, 0.25) is 0 Å². The first kappa shape index (κ1) is 16.0. The number of benzene rings is 1. The van der Waals surface area contributed by atoms with Gasteiger partial charge in [0.25, 0.3) is 0 Å². The number of para-hydroxylation sites is 1. The van der Waals surface area contributed by atoms with E-state index in [1.807, 2.05) is 25.1 Å². The van der Waals surface area contributed by atoms with E-state index in [2.05, 4.69) is 45.6 Å². The molecule has 3 rings (SSSR count). The van der Waals surface area contributed by atoms with Gasteiger partial charge in [0, 0.05) is 22.7 Å². The SMILES string of the molecule is CCOc1ccccc1-c1nc2cc(C)c(Br)cn2c1CCN. The van der Waals surface area contributed by atoms with Crippen LogP contribution in [0.25, 0.3) is 16.9 Å². The maximum absolute atomic E-state index is 5.84. The van der Waals surface area contributed by atoms with Crippen molar-refractivity contribution in [3.05, 3.63) is 52.3 Å². The van der Waals surface area contributed by atoms with Gasteiger partial charge in [-0.2, -0.15) is 0 Å². The predicted molar refractivity (Wildman–Crippen MR) is 97.0 cm³/mol. The molecule has 0 saturated heterocycles. The summed E-state index contributed by atoms with van der Waals surface area (Å²) in [6.07, 6.45) is 2.82. The molecular weight excluding hydrogens is 354 g/mol. The average Bonchev–Trinajstić information content (AvgIpc) is 2.87. The summed E-state index contributed by atoms with van der Waals surface area (Å²) in [5, 5.41) is 0. The third kappa shape index (κ3) is 2.99. The van der Waals surface area contributed by atoms with Crippen molar-refractivity contribution >= 4 is 21.6 Å². The number of imidazole rings is 1. The molecule has 0 amide bonds. The number of pyridine rings is 1. The molecule has 0 aliphatic rings. The number of rotatable bonds is 5. The molecule has 0 fully saturated rings. The van der Waals surface area contributed by atoms with E-state index in [1.54, 1.807) is 0 Å². The Bertz CT molecular complexity index is 842. The van der Waals surface area contributed by atoms with Gasteiger partial charge >= 0.3 is 0 Å². The lowest BCUT2D eigenvalue weighted by molar-refractivity contribution is 0.341. The van der Waals surface area contributed by atoms with Crippen LogP contribution in [0.3, 0.4) is 0 Å². The fraction of sp³-hybridized carbons (Fsp3) is 0.278. The maximum Gasteiger partial charge on any atom is 0.137 e. The first-order valence-electron chi connectivity index (χ1n) is 7.75. The summed E-state index contributed by atoms with van der Waals surface area (Å²) in [7, 11) is 0. The van der Waals surface area contributed by atoms with E-state index in [-0.39, 0.29) is 0 Å². The zero-order chi connectivity index (χ0) is 16.4. The Morgan fingerprint density at radius 2 is 2.09 bits per heavy atom. The van der Waals surface area contributed by atoms with Gasteiger partial charge in [0.05, 0.1) is 18.0 Å². The number of ether oxygens (including phenoxy) is 1. The summed E-state index contributed by atoms with van der Waals surface area (Å²) in [5.41, 5.74) is 11.0. The zero-order valence-electron chi connectivity index (χ0n) is 13.3. The van der Waals surface area contributed by atoms with E-state index in [1.165, 1.54) is 0 Å². The Labute approximate surface area is 144 Å². The number of aryl methyl sites for hydroxylation is 1. The molecule has 0 radical (unpaired) electrons. The van der Waals surface area contributed by atoms with Crippen molar-refractivity contribution in [2.75, 3.05) is 13.2 Å². The highest BCUT2D eigenvalue weighted by atomic mass is 79.9. The van der Waals surface area contributed by atoms with E-state index >= 15 is 0 Å². The molecule has 4 nitrogen and oxygen atoms in total. The Hall–Kier alpha value is -1.85. The van der Waals surface area contributed by atoms with E-state index in [9.17, 15) is 0 Å². The highest BCUT2D eigenvalue weighted by Crippen LogP contribution is 2.33. The summed E-state index contributed by atoms with van der Waals surface area (Å²) in [6, 6.07) is 10.1. The fourth-order valence-corrected chi connectivity index (χ4v) is 3.06. The Kier molecular flexibility index (Phi) is 4.68. The number of fused-ring (bicyclic) bond motifs is 1. The molecule has 0 aliphatic heterocycles. The molecule has 120 valence electrons. The van der Waals surface area contributed by atoms with Gasteiger partial charge < -0.3 is 14.9 Å². The van der Waals surface area contributed by atoms with Gasteiger partial charge in [-0.25, -0.2) is 4.98 Å². The second kappa shape index (κ2) is 6.72. The van der Waals surface area contributed by atoms with Crippen LogP contribution in [-0.4, -0.2) is 22.5 Å². The second-order valence-corrected chi connectivity index (χ2v) is 6.26. The topological polar surface area (TPSA) is 52.5 Å². The Morgan fingerprint density at radius 1 is 1.30 bits per heavy atom. The smallest absolute Gasteiger partial charge is 0.137 e. The molecule has 2 aromatic heterocycles. The number of nitrogens with zero attached hydrogens (tertiary/aromatic N) is 2. The van der Waals surface area contributed by atoms with Crippen LogP contribution < -0.4 is 10.5 Å². The van der Waals surface area contributed by atoms with E-state index in [0.29, 0.717) is 13.2 Å². The van der Waals surface area contributed by atoms with Gasteiger partial charge in [-0.1, -0.05) is 12.1 Å². The van der Waals surface area contributed by atoms with Crippen molar-refractivity contribution in [2.45, 2.75) is 20.3 Å². The van der Waals surface area contributed by atoms with Crippen molar-refractivity contribution in [1.82, 2.24) is 9.38 Å². The lowest BCUT2D eigenvalue weighted by atomic mass is 10.1. The quantitative estimate of drug-likeness (QED) is 0.735. The van der Waals surface area contributed by atoms with Gasteiger partial charge in [-0.3, -0.25) is 0 Å².